The van der Waals surface area contributed by atoms with Gasteiger partial charge >= 0.3 is 14.5 Å². The summed E-state index contributed by atoms with van der Waals surface area (Å²) in [6, 6.07) is 0. The fourth-order valence-corrected chi connectivity index (χ4v) is 4.07. The molecule has 0 aromatic rings. The number of phosphoric acid groups is 1. The quantitative estimate of drug-likeness (QED) is 0.689. The van der Waals surface area contributed by atoms with Crippen molar-refractivity contribution in [3.63, 3.8) is 0 Å². The molecule has 0 aromatic heterocycles. The van der Waals surface area contributed by atoms with Crippen LogP contribution >= 0.6 is 14.5 Å². The molecule has 2 N–H and O–H groups in total. The van der Waals surface area contributed by atoms with Gasteiger partial charge in [-0.1, -0.05) is 0 Å². The van der Waals surface area contributed by atoms with Crippen LogP contribution in [0.15, 0.2) is 0 Å². The molecule has 0 aromatic carbocycles. The molecule has 0 spiro atoms. The summed E-state index contributed by atoms with van der Waals surface area (Å²) < 4.78 is 24.4. The molecule has 0 atom stereocenters. The Morgan fingerprint density at radius 1 is 1.23 bits per heavy atom. The minimum absolute atomic E-state index is 0.178. The van der Waals surface area contributed by atoms with E-state index in [4.69, 9.17) is 30.6 Å². The second kappa shape index (κ2) is 5.53. The molecule has 6 nitrogen and oxygen atoms in total. The van der Waals surface area contributed by atoms with Crippen LogP contribution in [-0.4, -0.2) is 23.0 Å². The molecule has 13 heavy (non-hydrogen) atoms. The van der Waals surface area contributed by atoms with E-state index in [9.17, 15) is 4.57 Å². The Balaban J connectivity index is 4.42. The minimum Gasteiger partial charge on any atom is -0.309 e. The van der Waals surface area contributed by atoms with Gasteiger partial charge in [-0.15, -0.1) is 0 Å². The minimum atomic E-state index is -4.65. The van der Waals surface area contributed by atoms with Gasteiger partial charge in [-0.05, 0) is 25.7 Å². The first-order valence-corrected chi connectivity index (χ1v) is 7.57. The van der Waals surface area contributed by atoms with E-state index >= 15 is 0 Å². The third-order valence-electron chi connectivity index (χ3n) is 0.781. The lowest BCUT2D eigenvalue weighted by Crippen LogP contribution is -1.98. The molecule has 0 saturated carbocycles. The Morgan fingerprint density at radius 2 is 1.62 bits per heavy atom. The van der Waals surface area contributed by atoms with Crippen molar-refractivity contribution in [1.29, 1.82) is 0 Å². The molecule has 0 fully saturated rings. The fraction of sp³-hybridized carbons (Fsp3) is 1.00. The molecule has 0 aliphatic rings. The van der Waals surface area contributed by atoms with E-state index in [1.165, 1.54) is 0 Å². The first-order chi connectivity index (χ1) is 5.83. The smallest absolute Gasteiger partial charge is 0.309 e. The van der Waals surface area contributed by atoms with Crippen molar-refractivity contribution >= 4 is 26.3 Å². The van der Waals surface area contributed by atoms with Crippen molar-refractivity contribution in [3.05, 3.63) is 0 Å². The molecular weight excluding hydrogens is 238 g/mol. The number of rotatable bonds is 6. The SMILES string of the molecule is CCOP(=S)(OCC)OP(=O)(O)O. The van der Waals surface area contributed by atoms with Crippen molar-refractivity contribution in [3.8, 4) is 0 Å². The van der Waals surface area contributed by atoms with Crippen molar-refractivity contribution in [2.45, 2.75) is 13.8 Å². The topological polar surface area (TPSA) is 85.2 Å². The average Bonchev–Trinajstić information content (AvgIpc) is 1.82. The van der Waals surface area contributed by atoms with Crippen molar-refractivity contribution in [1.82, 2.24) is 0 Å². The summed E-state index contributed by atoms with van der Waals surface area (Å²) in [5.74, 6) is 0. The summed E-state index contributed by atoms with van der Waals surface area (Å²) in [6.45, 7) is 0.341. The van der Waals surface area contributed by atoms with E-state index in [1.54, 1.807) is 13.8 Å². The predicted molar refractivity (Wildman–Crippen MR) is 50.7 cm³/mol. The van der Waals surface area contributed by atoms with E-state index in [-0.39, 0.29) is 13.2 Å². The lowest BCUT2D eigenvalue weighted by Gasteiger charge is -2.19. The van der Waals surface area contributed by atoms with Gasteiger partial charge < -0.3 is 18.8 Å². The molecule has 0 bridgehead atoms. The van der Waals surface area contributed by atoms with Gasteiger partial charge in [-0.2, -0.15) is 0 Å². The van der Waals surface area contributed by atoms with Crippen LogP contribution in [0.3, 0.4) is 0 Å². The standard InChI is InChI=1S/C4H12O6P2S/c1-3-8-12(13,9-4-2)10-11(5,6)7/h3-4H2,1-2H3,(H2,5,6,7). The molecule has 0 aliphatic carbocycles. The summed E-state index contributed by atoms with van der Waals surface area (Å²) in [4.78, 5) is 17.0. The van der Waals surface area contributed by atoms with Gasteiger partial charge in [-0.3, -0.25) is 0 Å². The molecule has 9 heteroatoms. The maximum Gasteiger partial charge on any atom is 0.476 e. The van der Waals surface area contributed by atoms with Gasteiger partial charge in [-0.25, -0.2) is 8.88 Å². The zero-order chi connectivity index (χ0) is 10.5. The zero-order valence-corrected chi connectivity index (χ0v) is 9.85. The molecule has 0 amide bonds. The van der Waals surface area contributed by atoms with Gasteiger partial charge in [0.1, 0.15) is 0 Å². The highest BCUT2D eigenvalue weighted by Crippen LogP contribution is 2.61. The van der Waals surface area contributed by atoms with Crippen molar-refractivity contribution in [2.24, 2.45) is 0 Å². The Bertz CT molecular complexity index is 227. The van der Waals surface area contributed by atoms with Gasteiger partial charge in [0.25, 0.3) is 0 Å². The van der Waals surface area contributed by atoms with Crippen molar-refractivity contribution < 1.29 is 27.7 Å². The lowest BCUT2D eigenvalue weighted by atomic mass is 10.9. The third kappa shape index (κ3) is 6.71. The molecule has 80 valence electrons. The highest BCUT2D eigenvalue weighted by atomic mass is 32.5. The maximum absolute atomic E-state index is 10.5. The molecule has 0 radical (unpaired) electrons. The average molecular weight is 250 g/mol. The molecule has 0 unspecified atom stereocenters. The summed E-state index contributed by atoms with van der Waals surface area (Å²) in [5, 5.41) is 0. The molecular formula is C4H12O6P2S. The van der Waals surface area contributed by atoms with Crippen LogP contribution in [0.1, 0.15) is 13.8 Å². The Labute approximate surface area is 81.7 Å². The van der Waals surface area contributed by atoms with Crippen LogP contribution in [0.4, 0.5) is 0 Å². The maximum atomic E-state index is 10.5. The first kappa shape index (κ1) is 13.7. The van der Waals surface area contributed by atoms with Crippen LogP contribution in [0, 0.1) is 0 Å². The van der Waals surface area contributed by atoms with Crippen molar-refractivity contribution in [2.75, 3.05) is 13.2 Å². The highest BCUT2D eigenvalue weighted by molar-refractivity contribution is 8.08. The van der Waals surface area contributed by atoms with E-state index in [0.717, 1.165) is 0 Å². The van der Waals surface area contributed by atoms with Crippen LogP contribution in [0.2, 0.25) is 0 Å². The fourth-order valence-electron chi connectivity index (χ4n) is 0.531. The largest absolute Gasteiger partial charge is 0.476 e. The second-order valence-electron chi connectivity index (χ2n) is 1.85. The van der Waals surface area contributed by atoms with Crippen LogP contribution in [0.5, 0.6) is 0 Å². The van der Waals surface area contributed by atoms with E-state index < -0.39 is 14.5 Å². The summed E-state index contributed by atoms with van der Waals surface area (Å²) >= 11 is 4.70. The Kier molecular flexibility index (Phi) is 5.82. The lowest BCUT2D eigenvalue weighted by molar-refractivity contribution is 0.192. The molecule has 0 saturated heterocycles. The summed E-state index contributed by atoms with van der Waals surface area (Å²) in [6.07, 6.45) is 0. The van der Waals surface area contributed by atoms with Gasteiger partial charge in [0, 0.05) is 0 Å². The second-order valence-corrected chi connectivity index (χ2v) is 6.24. The predicted octanol–water partition coefficient (Wildman–Crippen LogP) is 1.39. The van der Waals surface area contributed by atoms with E-state index in [2.05, 4.69) is 4.31 Å². The number of hydrogen-bond donors (Lipinski definition) is 2. The summed E-state index contributed by atoms with van der Waals surface area (Å²) in [5.41, 5.74) is 0. The normalized spacial score (nSPS) is 13.2. The van der Waals surface area contributed by atoms with Crippen LogP contribution in [0.25, 0.3) is 0 Å². The third-order valence-corrected chi connectivity index (χ3v) is 4.81. The highest BCUT2D eigenvalue weighted by Gasteiger charge is 2.30. The zero-order valence-electron chi connectivity index (χ0n) is 7.24. The first-order valence-electron chi connectivity index (χ1n) is 3.49. The Hall–Kier alpha value is 0.680. The van der Waals surface area contributed by atoms with E-state index in [1.807, 2.05) is 0 Å². The van der Waals surface area contributed by atoms with Gasteiger partial charge in [0.05, 0.1) is 13.2 Å². The van der Waals surface area contributed by atoms with E-state index in [0.29, 0.717) is 0 Å². The Morgan fingerprint density at radius 3 is 1.85 bits per heavy atom. The molecule has 0 aliphatic heterocycles. The van der Waals surface area contributed by atoms with Crippen LogP contribution in [-0.2, 0) is 29.7 Å². The van der Waals surface area contributed by atoms with Gasteiger partial charge in [0.2, 0.25) is 0 Å². The van der Waals surface area contributed by atoms with Gasteiger partial charge in [0.15, 0.2) is 0 Å². The monoisotopic (exact) mass is 250 g/mol. The summed E-state index contributed by atoms with van der Waals surface area (Å²) in [7, 11) is -4.65. The molecule has 0 rings (SSSR count). The molecule has 0 heterocycles. The van der Waals surface area contributed by atoms with Crippen LogP contribution < -0.4 is 0 Å². The number of hydrogen-bond acceptors (Lipinski definition) is 5.